The number of urea groups is 1. The van der Waals surface area contributed by atoms with E-state index in [2.05, 4.69) is 10.2 Å². The summed E-state index contributed by atoms with van der Waals surface area (Å²) >= 11 is 0. The number of hydrogen-bond donors (Lipinski definition) is 1. The van der Waals surface area contributed by atoms with Crippen molar-refractivity contribution in [2.45, 2.75) is 31.9 Å². The molecule has 3 fully saturated rings. The van der Waals surface area contributed by atoms with Crippen LogP contribution in [0, 0.1) is 5.41 Å². The van der Waals surface area contributed by atoms with Crippen LogP contribution < -0.4 is 5.32 Å². The molecular formula is C21H29N3O4. The molecule has 0 aromatic heterocycles. The molecule has 3 aliphatic heterocycles. The van der Waals surface area contributed by atoms with Crippen molar-refractivity contribution in [3.8, 4) is 0 Å². The third-order valence-corrected chi connectivity index (χ3v) is 6.18. The number of rotatable bonds is 4. The number of hydrogen-bond acceptors (Lipinski definition) is 5. The van der Waals surface area contributed by atoms with Gasteiger partial charge in [0.15, 0.2) is 0 Å². The molecule has 0 radical (unpaired) electrons. The van der Waals surface area contributed by atoms with E-state index in [4.69, 9.17) is 9.47 Å². The lowest BCUT2D eigenvalue weighted by atomic mass is 9.76. The van der Waals surface area contributed by atoms with Crippen molar-refractivity contribution in [2.24, 2.45) is 5.41 Å². The Hall–Kier alpha value is -2.12. The van der Waals surface area contributed by atoms with Crippen LogP contribution in [0.25, 0.3) is 0 Å². The van der Waals surface area contributed by atoms with Crippen molar-refractivity contribution in [3.05, 3.63) is 35.9 Å². The van der Waals surface area contributed by atoms with Gasteiger partial charge in [-0.15, -0.1) is 0 Å². The first-order valence-corrected chi connectivity index (χ1v) is 10.2. The fourth-order valence-electron chi connectivity index (χ4n) is 4.44. The van der Waals surface area contributed by atoms with Gasteiger partial charge in [0.1, 0.15) is 6.10 Å². The van der Waals surface area contributed by atoms with Crippen molar-refractivity contribution in [3.63, 3.8) is 0 Å². The van der Waals surface area contributed by atoms with Gasteiger partial charge in [-0.1, -0.05) is 30.3 Å². The van der Waals surface area contributed by atoms with Crippen molar-refractivity contribution in [1.82, 2.24) is 15.1 Å². The molecule has 1 N–H and O–H groups in total. The molecule has 1 unspecified atom stereocenters. The highest BCUT2D eigenvalue weighted by Crippen LogP contribution is 2.43. The highest BCUT2D eigenvalue weighted by atomic mass is 16.6. The summed E-state index contributed by atoms with van der Waals surface area (Å²) in [5.74, 6) is -0.0740. The number of benzene rings is 1. The average Bonchev–Trinajstić information content (AvgIpc) is 3.02. The summed E-state index contributed by atoms with van der Waals surface area (Å²) in [7, 11) is 0. The maximum Gasteiger partial charge on any atom is 0.317 e. The Morgan fingerprint density at radius 2 is 1.82 bits per heavy atom. The third-order valence-electron chi connectivity index (χ3n) is 6.18. The summed E-state index contributed by atoms with van der Waals surface area (Å²) in [5.41, 5.74) is 0.669. The molecule has 2 amide bonds. The van der Waals surface area contributed by atoms with Gasteiger partial charge < -0.3 is 19.7 Å². The predicted octanol–water partition coefficient (Wildman–Crippen LogP) is 1.63. The Morgan fingerprint density at radius 1 is 1.11 bits per heavy atom. The number of amides is 2. The quantitative estimate of drug-likeness (QED) is 0.795. The van der Waals surface area contributed by atoms with Crippen molar-refractivity contribution < 1.29 is 19.1 Å². The second-order valence-electron chi connectivity index (χ2n) is 8.06. The van der Waals surface area contributed by atoms with E-state index in [-0.39, 0.29) is 18.1 Å². The molecule has 1 spiro atoms. The van der Waals surface area contributed by atoms with Gasteiger partial charge in [0.2, 0.25) is 0 Å². The largest absolute Gasteiger partial charge is 0.461 e. The number of cyclic esters (lactones) is 1. The van der Waals surface area contributed by atoms with Crippen LogP contribution in [0.2, 0.25) is 0 Å². The molecule has 1 aromatic carbocycles. The highest BCUT2D eigenvalue weighted by molar-refractivity contribution is 5.80. The lowest BCUT2D eigenvalue weighted by molar-refractivity contribution is -0.151. The summed E-state index contributed by atoms with van der Waals surface area (Å²) in [4.78, 5) is 29.2. The Kier molecular flexibility index (Phi) is 5.82. The topological polar surface area (TPSA) is 71.1 Å². The van der Waals surface area contributed by atoms with Gasteiger partial charge in [-0.3, -0.25) is 9.69 Å². The first kappa shape index (κ1) is 19.2. The summed E-state index contributed by atoms with van der Waals surface area (Å²) in [6.45, 7) is 5.80. The minimum Gasteiger partial charge on any atom is -0.461 e. The number of nitrogens with one attached hydrogen (secondary N) is 1. The molecule has 3 aliphatic rings. The monoisotopic (exact) mass is 387 g/mol. The smallest absolute Gasteiger partial charge is 0.317 e. The van der Waals surface area contributed by atoms with Gasteiger partial charge in [0.25, 0.3) is 0 Å². The van der Waals surface area contributed by atoms with Crippen LogP contribution in [0.15, 0.2) is 30.3 Å². The molecule has 3 heterocycles. The molecule has 152 valence electrons. The molecule has 0 aliphatic carbocycles. The Balaban J connectivity index is 1.25. The second-order valence-corrected chi connectivity index (χ2v) is 8.06. The number of nitrogens with zero attached hydrogens (tertiary/aromatic N) is 2. The van der Waals surface area contributed by atoms with Gasteiger partial charge >= 0.3 is 12.0 Å². The molecule has 7 heteroatoms. The maximum absolute atomic E-state index is 12.6. The van der Waals surface area contributed by atoms with E-state index in [1.807, 2.05) is 35.2 Å². The fourth-order valence-corrected chi connectivity index (χ4v) is 4.44. The molecule has 1 aromatic rings. The normalized spacial score (nSPS) is 24.9. The third kappa shape index (κ3) is 4.31. The van der Waals surface area contributed by atoms with Crippen LogP contribution in [-0.4, -0.2) is 73.8 Å². The molecule has 28 heavy (non-hydrogen) atoms. The van der Waals surface area contributed by atoms with Crippen molar-refractivity contribution in [2.75, 3.05) is 45.9 Å². The lowest BCUT2D eigenvalue weighted by Crippen LogP contribution is -2.48. The predicted molar refractivity (Wildman–Crippen MR) is 104 cm³/mol. The zero-order chi connectivity index (χ0) is 19.4. The second kappa shape index (κ2) is 8.49. The van der Waals surface area contributed by atoms with E-state index in [1.54, 1.807) is 0 Å². The Bertz CT molecular complexity index is 682. The number of esters is 1. The van der Waals surface area contributed by atoms with Crippen LogP contribution in [0.5, 0.6) is 0 Å². The van der Waals surface area contributed by atoms with Crippen molar-refractivity contribution >= 4 is 12.0 Å². The minimum absolute atomic E-state index is 0.0379. The molecule has 0 bridgehead atoms. The van der Waals surface area contributed by atoms with Gasteiger partial charge in [-0.05, 0) is 18.4 Å². The first-order chi connectivity index (χ1) is 13.6. The number of carbonyl (C=O) groups excluding carboxylic acids is 2. The van der Waals surface area contributed by atoms with E-state index in [0.29, 0.717) is 32.5 Å². The standard InChI is InChI=1S/C21H29N3O4/c25-19-21(14-18(28-19)16-23-10-12-27-13-11-23)6-8-24(9-7-21)20(26)22-15-17-4-2-1-3-5-17/h1-5,18H,6-16H2,(H,22,26). The van der Waals surface area contributed by atoms with E-state index >= 15 is 0 Å². The fraction of sp³-hybridized carbons (Fsp3) is 0.619. The van der Waals surface area contributed by atoms with E-state index in [0.717, 1.165) is 44.8 Å². The minimum atomic E-state index is -0.410. The Labute approximate surface area is 166 Å². The molecule has 1 atom stereocenters. The van der Waals surface area contributed by atoms with E-state index in [1.165, 1.54) is 0 Å². The summed E-state index contributed by atoms with van der Waals surface area (Å²) < 4.78 is 11.1. The maximum atomic E-state index is 12.6. The number of carbonyl (C=O) groups is 2. The summed E-state index contributed by atoms with van der Waals surface area (Å²) in [5, 5.41) is 2.97. The summed E-state index contributed by atoms with van der Waals surface area (Å²) in [6, 6.07) is 9.82. The zero-order valence-electron chi connectivity index (χ0n) is 16.3. The lowest BCUT2D eigenvalue weighted by Gasteiger charge is -2.36. The van der Waals surface area contributed by atoms with Crippen LogP contribution in [0.1, 0.15) is 24.8 Å². The number of ether oxygens (including phenoxy) is 2. The Morgan fingerprint density at radius 3 is 2.54 bits per heavy atom. The molecular weight excluding hydrogens is 358 g/mol. The van der Waals surface area contributed by atoms with Crippen LogP contribution in [-0.2, 0) is 20.8 Å². The SMILES string of the molecule is O=C(NCc1ccccc1)N1CCC2(CC1)CC(CN1CCOCC1)OC2=O. The summed E-state index contributed by atoms with van der Waals surface area (Å²) in [6.07, 6.45) is 2.10. The van der Waals surface area contributed by atoms with Crippen LogP contribution in [0.4, 0.5) is 4.79 Å². The van der Waals surface area contributed by atoms with Crippen LogP contribution >= 0.6 is 0 Å². The van der Waals surface area contributed by atoms with Gasteiger partial charge in [0, 0.05) is 45.7 Å². The van der Waals surface area contributed by atoms with Crippen LogP contribution in [0.3, 0.4) is 0 Å². The molecule has 7 nitrogen and oxygen atoms in total. The number of likely N-dealkylation sites (tertiary alicyclic amines) is 1. The first-order valence-electron chi connectivity index (χ1n) is 10.2. The zero-order valence-corrected chi connectivity index (χ0v) is 16.3. The van der Waals surface area contributed by atoms with Gasteiger partial charge in [-0.25, -0.2) is 4.79 Å². The van der Waals surface area contributed by atoms with Crippen molar-refractivity contribution in [1.29, 1.82) is 0 Å². The number of morpholine rings is 1. The van der Waals surface area contributed by atoms with Gasteiger partial charge in [-0.2, -0.15) is 0 Å². The molecule has 3 saturated heterocycles. The molecule has 0 saturated carbocycles. The molecule has 4 rings (SSSR count). The average molecular weight is 387 g/mol. The van der Waals surface area contributed by atoms with E-state index < -0.39 is 5.41 Å². The number of piperidine rings is 1. The van der Waals surface area contributed by atoms with Gasteiger partial charge in [0.05, 0.1) is 18.6 Å². The van der Waals surface area contributed by atoms with E-state index in [9.17, 15) is 9.59 Å². The highest BCUT2D eigenvalue weighted by Gasteiger charge is 2.51.